The fraction of sp³-hybridized carbons (Fsp3) is 0.444. The maximum absolute atomic E-state index is 12.8. The molecule has 10 heteroatoms. The monoisotopic (exact) mass is 399 g/mol. The molecule has 152 valence electrons. The molecule has 3 heterocycles. The van der Waals surface area contributed by atoms with E-state index in [1.807, 2.05) is 0 Å². The first-order valence-electron chi connectivity index (χ1n) is 8.60. The summed E-state index contributed by atoms with van der Waals surface area (Å²) in [6.45, 7) is 0.820. The number of hydrogen-bond donors (Lipinski definition) is 1. The molecular formula is C18H20F3N3O4. The normalized spacial score (nSPS) is 17.0. The molecule has 0 aromatic carbocycles. The number of carbonyl (C=O) groups is 1. The average molecular weight is 399 g/mol. The van der Waals surface area contributed by atoms with E-state index in [9.17, 15) is 18.0 Å². The second kappa shape index (κ2) is 8.09. The molecule has 0 radical (unpaired) electrons. The fourth-order valence-corrected chi connectivity index (χ4v) is 3.14. The highest BCUT2D eigenvalue weighted by Crippen LogP contribution is 2.36. The van der Waals surface area contributed by atoms with E-state index in [1.165, 1.54) is 7.11 Å². The van der Waals surface area contributed by atoms with Crippen molar-refractivity contribution in [2.24, 2.45) is 0 Å². The van der Waals surface area contributed by atoms with Gasteiger partial charge >= 0.3 is 12.2 Å². The molecule has 2 aromatic heterocycles. The van der Waals surface area contributed by atoms with Crippen LogP contribution in [0.3, 0.4) is 0 Å². The quantitative estimate of drug-likeness (QED) is 0.815. The number of nitrogens with one attached hydrogen (secondary N) is 1. The highest BCUT2D eigenvalue weighted by molar-refractivity contribution is 5.91. The van der Waals surface area contributed by atoms with Crippen LogP contribution in [0.1, 0.15) is 36.1 Å². The molecule has 0 unspecified atom stereocenters. The second-order valence-electron chi connectivity index (χ2n) is 6.29. The van der Waals surface area contributed by atoms with Gasteiger partial charge in [-0.3, -0.25) is 0 Å². The third kappa shape index (κ3) is 4.22. The number of hydrogen-bond acceptors (Lipinski definition) is 5. The maximum atomic E-state index is 12.8. The summed E-state index contributed by atoms with van der Waals surface area (Å²) in [6.07, 6.45) is -2.17. The van der Waals surface area contributed by atoms with Gasteiger partial charge in [-0.1, -0.05) is 0 Å². The van der Waals surface area contributed by atoms with Crippen LogP contribution in [0.4, 0.5) is 23.7 Å². The highest BCUT2D eigenvalue weighted by atomic mass is 19.4. The molecule has 1 fully saturated rings. The van der Waals surface area contributed by atoms with Gasteiger partial charge in [0.25, 0.3) is 0 Å². The number of halogens is 3. The number of alkyl halides is 3. The molecule has 0 spiro atoms. The Morgan fingerprint density at radius 3 is 2.86 bits per heavy atom. The van der Waals surface area contributed by atoms with Gasteiger partial charge in [-0.25, -0.2) is 9.78 Å². The number of rotatable bonds is 5. The van der Waals surface area contributed by atoms with Gasteiger partial charge in [0.15, 0.2) is 0 Å². The largest absolute Gasteiger partial charge is 0.494 e. The van der Waals surface area contributed by atoms with Crippen LogP contribution in [0.15, 0.2) is 28.8 Å². The van der Waals surface area contributed by atoms with Gasteiger partial charge in [0.05, 0.1) is 19.3 Å². The Balaban J connectivity index is 1.76. The molecule has 2 amide bonds. The zero-order valence-corrected chi connectivity index (χ0v) is 15.4. The van der Waals surface area contributed by atoms with Gasteiger partial charge < -0.3 is 24.1 Å². The number of furan rings is 1. The summed E-state index contributed by atoms with van der Waals surface area (Å²) in [7, 11) is 2.78. The van der Waals surface area contributed by atoms with E-state index in [2.05, 4.69) is 10.3 Å². The summed E-state index contributed by atoms with van der Waals surface area (Å²) in [5.74, 6) is 1.17. The standard InChI is InChI=1S/C18H20F3N3O4/c1-26-10-11-5-6-14(28-11)13-4-3-7-24(13)17(25)23-12-9-22-16(18(19,20)21)8-15(12)27-2/h5-6,8-9,13H,3-4,7,10H2,1-2H3,(H,23,25)/t13-/m1/s1. The van der Waals surface area contributed by atoms with Gasteiger partial charge in [0, 0.05) is 19.7 Å². The van der Waals surface area contributed by atoms with E-state index in [1.54, 1.807) is 24.1 Å². The number of carbonyl (C=O) groups excluding carboxylic acids is 1. The smallest absolute Gasteiger partial charge is 0.433 e. The van der Waals surface area contributed by atoms with Gasteiger partial charge in [-0.2, -0.15) is 13.2 Å². The third-order valence-electron chi connectivity index (χ3n) is 4.43. The van der Waals surface area contributed by atoms with E-state index in [0.717, 1.165) is 25.1 Å². The van der Waals surface area contributed by atoms with Gasteiger partial charge in [0.2, 0.25) is 0 Å². The van der Waals surface area contributed by atoms with Crippen LogP contribution in [-0.2, 0) is 17.5 Å². The SMILES string of the molecule is COCc1ccc([C@H]2CCCN2C(=O)Nc2cnc(C(F)(F)F)cc2OC)o1. The van der Waals surface area contributed by atoms with Gasteiger partial charge in [0.1, 0.15) is 35.3 Å². The summed E-state index contributed by atoms with van der Waals surface area (Å²) in [4.78, 5) is 17.7. The number of amides is 2. The molecule has 1 aliphatic rings. The molecule has 28 heavy (non-hydrogen) atoms. The lowest BCUT2D eigenvalue weighted by molar-refractivity contribution is -0.141. The molecule has 1 aliphatic heterocycles. The first-order valence-corrected chi connectivity index (χ1v) is 8.60. The van der Waals surface area contributed by atoms with Crippen molar-refractivity contribution in [3.63, 3.8) is 0 Å². The van der Waals surface area contributed by atoms with Crippen LogP contribution in [0.2, 0.25) is 0 Å². The number of nitrogens with zero attached hydrogens (tertiary/aromatic N) is 2. The minimum Gasteiger partial charge on any atom is -0.494 e. The topological polar surface area (TPSA) is 76.8 Å². The molecule has 7 nitrogen and oxygen atoms in total. The molecule has 0 saturated carbocycles. The van der Waals surface area contributed by atoms with Crippen molar-refractivity contribution in [2.75, 3.05) is 26.1 Å². The van der Waals surface area contributed by atoms with Crippen LogP contribution in [-0.4, -0.2) is 36.7 Å². The third-order valence-corrected chi connectivity index (χ3v) is 4.43. The molecule has 2 aromatic rings. The lowest BCUT2D eigenvalue weighted by Gasteiger charge is -2.24. The molecule has 1 saturated heterocycles. The van der Waals surface area contributed by atoms with Crippen molar-refractivity contribution >= 4 is 11.7 Å². The van der Waals surface area contributed by atoms with E-state index < -0.39 is 17.9 Å². The number of likely N-dealkylation sites (tertiary alicyclic amines) is 1. The maximum Gasteiger partial charge on any atom is 0.433 e. The van der Waals surface area contributed by atoms with E-state index in [-0.39, 0.29) is 17.5 Å². The fourth-order valence-electron chi connectivity index (χ4n) is 3.14. The number of methoxy groups -OCH3 is 2. The highest BCUT2D eigenvalue weighted by Gasteiger charge is 2.35. The Kier molecular flexibility index (Phi) is 5.78. The Bertz CT molecular complexity index is 838. The minimum atomic E-state index is -4.60. The molecule has 0 aliphatic carbocycles. The Morgan fingerprint density at radius 1 is 1.39 bits per heavy atom. The van der Waals surface area contributed by atoms with Crippen molar-refractivity contribution in [1.29, 1.82) is 0 Å². The average Bonchev–Trinajstić information content (AvgIpc) is 3.30. The van der Waals surface area contributed by atoms with E-state index in [4.69, 9.17) is 13.9 Å². The number of anilines is 1. The number of pyridine rings is 1. The lowest BCUT2D eigenvalue weighted by atomic mass is 10.2. The summed E-state index contributed by atoms with van der Waals surface area (Å²) in [5.41, 5.74) is -1.03. The zero-order chi connectivity index (χ0) is 20.3. The first-order chi connectivity index (χ1) is 13.3. The summed E-state index contributed by atoms with van der Waals surface area (Å²) in [6, 6.07) is 3.60. The molecular weight excluding hydrogens is 379 g/mol. The van der Waals surface area contributed by atoms with Crippen molar-refractivity contribution in [1.82, 2.24) is 9.88 Å². The summed E-state index contributed by atoms with van der Waals surface area (Å²) < 4.78 is 54.2. The van der Waals surface area contributed by atoms with Crippen LogP contribution in [0, 0.1) is 0 Å². The minimum absolute atomic E-state index is 0.0608. The van der Waals surface area contributed by atoms with Crippen molar-refractivity contribution in [2.45, 2.75) is 31.7 Å². The zero-order valence-electron chi connectivity index (χ0n) is 15.4. The predicted molar refractivity (Wildman–Crippen MR) is 92.9 cm³/mol. The van der Waals surface area contributed by atoms with Crippen molar-refractivity contribution in [3.05, 3.63) is 41.6 Å². The van der Waals surface area contributed by atoms with E-state index in [0.29, 0.717) is 24.7 Å². The van der Waals surface area contributed by atoms with Gasteiger partial charge in [-0.05, 0) is 25.0 Å². The number of urea groups is 1. The van der Waals surface area contributed by atoms with Crippen molar-refractivity contribution in [3.8, 4) is 5.75 Å². The van der Waals surface area contributed by atoms with Crippen LogP contribution < -0.4 is 10.1 Å². The van der Waals surface area contributed by atoms with E-state index >= 15 is 0 Å². The molecule has 3 rings (SSSR count). The molecule has 1 N–H and O–H groups in total. The lowest BCUT2D eigenvalue weighted by Crippen LogP contribution is -2.34. The number of aromatic nitrogens is 1. The first kappa shape index (κ1) is 20.0. The van der Waals surface area contributed by atoms with Gasteiger partial charge in [-0.15, -0.1) is 0 Å². The predicted octanol–water partition coefficient (Wildman–Crippen LogP) is 4.22. The number of ether oxygens (including phenoxy) is 2. The van der Waals surface area contributed by atoms with Crippen LogP contribution in [0.25, 0.3) is 0 Å². The molecule has 0 bridgehead atoms. The molecule has 1 atom stereocenters. The van der Waals surface area contributed by atoms with Crippen LogP contribution in [0.5, 0.6) is 5.75 Å². The Labute approximate surface area is 159 Å². The summed E-state index contributed by atoms with van der Waals surface area (Å²) >= 11 is 0. The van der Waals surface area contributed by atoms with Crippen molar-refractivity contribution < 1.29 is 31.9 Å². The second-order valence-corrected chi connectivity index (χ2v) is 6.29. The Hall–Kier alpha value is -2.75. The van der Waals surface area contributed by atoms with Crippen LogP contribution >= 0.6 is 0 Å². The Morgan fingerprint density at radius 2 is 2.18 bits per heavy atom. The summed E-state index contributed by atoms with van der Waals surface area (Å²) in [5, 5.41) is 2.58.